The minimum absolute atomic E-state index is 0.0811. The van der Waals surface area contributed by atoms with Crippen LogP contribution in [0.3, 0.4) is 0 Å². The predicted octanol–water partition coefficient (Wildman–Crippen LogP) is 1.57. The van der Waals surface area contributed by atoms with Crippen LogP contribution >= 0.6 is 11.8 Å². The van der Waals surface area contributed by atoms with Gasteiger partial charge in [0.25, 0.3) is 5.91 Å². The molecule has 0 saturated carbocycles. The molecule has 2 aromatic heterocycles. The van der Waals surface area contributed by atoms with Crippen molar-refractivity contribution in [3.63, 3.8) is 0 Å². The molecule has 1 amide bonds. The zero-order chi connectivity index (χ0) is 17.7. The summed E-state index contributed by atoms with van der Waals surface area (Å²) in [5.41, 5.74) is 1.15. The summed E-state index contributed by atoms with van der Waals surface area (Å²) >= 11 is 1.64. The Labute approximate surface area is 145 Å². The largest absolute Gasteiger partial charge is 0.394 e. The second-order valence-corrected chi connectivity index (χ2v) is 6.60. The van der Waals surface area contributed by atoms with Gasteiger partial charge < -0.3 is 15.0 Å². The van der Waals surface area contributed by atoms with E-state index in [1.807, 2.05) is 20.1 Å². The number of aliphatic hydroxyl groups excluding tert-OH is 1. The summed E-state index contributed by atoms with van der Waals surface area (Å²) in [4.78, 5) is 29.6. The van der Waals surface area contributed by atoms with E-state index in [1.165, 1.54) is 0 Å². The quantitative estimate of drug-likeness (QED) is 0.793. The van der Waals surface area contributed by atoms with E-state index < -0.39 is 5.91 Å². The van der Waals surface area contributed by atoms with E-state index in [1.54, 1.807) is 34.7 Å². The standard InChI is InChI=1S/C17H23N3O3S/c1-4-20-9-14(17(23)19-12(10-21)7-8-24-3)15(22)13-6-5-11(2)18-16(13)20/h5-6,9,12,21H,4,7-8,10H2,1-3H3,(H,19,23)/t12-/m0/s1. The van der Waals surface area contributed by atoms with Crippen LogP contribution in [0.1, 0.15) is 29.4 Å². The molecule has 2 heterocycles. The summed E-state index contributed by atoms with van der Waals surface area (Å²) in [5, 5.41) is 12.6. The van der Waals surface area contributed by atoms with E-state index in [0.29, 0.717) is 24.0 Å². The Balaban J connectivity index is 2.41. The van der Waals surface area contributed by atoms with E-state index in [4.69, 9.17) is 0 Å². The Morgan fingerprint density at radius 1 is 1.46 bits per heavy atom. The lowest BCUT2D eigenvalue weighted by molar-refractivity contribution is 0.0913. The maximum absolute atomic E-state index is 12.7. The van der Waals surface area contributed by atoms with Crippen molar-refractivity contribution < 1.29 is 9.90 Å². The highest BCUT2D eigenvalue weighted by Gasteiger charge is 2.18. The van der Waals surface area contributed by atoms with Gasteiger partial charge in [-0.15, -0.1) is 0 Å². The number of amides is 1. The van der Waals surface area contributed by atoms with Crippen molar-refractivity contribution in [2.75, 3.05) is 18.6 Å². The van der Waals surface area contributed by atoms with Crippen LogP contribution in [0.25, 0.3) is 11.0 Å². The number of nitrogens with zero attached hydrogens (tertiary/aromatic N) is 2. The van der Waals surface area contributed by atoms with Crippen molar-refractivity contribution in [3.8, 4) is 0 Å². The van der Waals surface area contributed by atoms with E-state index in [0.717, 1.165) is 11.4 Å². The minimum atomic E-state index is -0.454. The molecule has 2 aromatic rings. The van der Waals surface area contributed by atoms with Crippen LogP contribution in [0.4, 0.5) is 0 Å². The van der Waals surface area contributed by atoms with Gasteiger partial charge in [-0.3, -0.25) is 9.59 Å². The molecule has 6 nitrogen and oxygen atoms in total. The summed E-state index contributed by atoms with van der Waals surface area (Å²) in [7, 11) is 0. The molecule has 2 rings (SSSR count). The molecule has 0 bridgehead atoms. The molecule has 0 spiro atoms. The first-order valence-electron chi connectivity index (χ1n) is 7.93. The number of aromatic nitrogens is 2. The zero-order valence-corrected chi connectivity index (χ0v) is 15.0. The van der Waals surface area contributed by atoms with Crippen molar-refractivity contribution in [3.05, 3.63) is 39.8 Å². The molecule has 0 aromatic carbocycles. The Kier molecular flexibility index (Phi) is 6.39. The second kappa shape index (κ2) is 8.30. The zero-order valence-electron chi connectivity index (χ0n) is 14.2. The number of nitrogens with one attached hydrogen (secondary N) is 1. The number of fused-ring (bicyclic) bond motifs is 1. The van der Waals surface area contributed by atoms with Gasteiger partial charge in [-0.2, -0.15) is 11.8 Å². The summed E-state index contributed by atoms with van der Waals surface area (Å²) < 4.78 is 1.80. The number of carbonyl (C=O) groups excluding carboxylic acids is 1. The fraction of sp³-hybridized carbons (Fsp3) is 0.471. The fourth-order valence-corrected chi connectivity index (χ4v) is 3.02. The van der Waals surface area contributed by atoms with Crippen molar-refractivity contribution in [2.45, 2.75) is 32.9 Å². The number of hydrogen-bond donors (Lipinski definition) is 2. The van der Waals surface area contributed by atoms with Crippen molar-refractivity contribution in [1.82, 2.24) is 14.9 Å². The van der Waals surface area contributed by atoms with Crippen LogP contribution in [0.2, 0.25) is 0 Å². The lowest BCUT2D eigenvalue weighted by Gasteiger charge is -2.16. The van der Waals surface area contributed by atoms with Gasteiger partial charge in [0, 0.05) is 18.4 Å². The minimum Gasteiger partial charge on any atom is -0.394 e. The third-order valence-corrected chi connectivity index (χ3v) is 4.52. The number of carbonyl (C=O) groups is 1. The summed E-state index contributed by atoms with van der Waals surface area (Å²) in [6.45, 7) is 4.25. The van der Waals surface area contributed by atoms with Gasteiger partial charge in [0.15, 0.2) is 0 Å². The van der Waals surface area contributed by atoms with Gasteiger partial charge in [0.1, 0.15) is 11.2 Å². The lowest BCUT2D eigenvalue weighted by Crippen LogP contribution is -2.40. The second-order valence-electron chi connectivity index (χ2n) is 5.62. The number of hydrogen-bond acceptors (Lipinski definition) is 5. The summed E-state index contributed by atoms with van der Waals surface area (Å²) in [6.07, 6.45) is 4.17. The van der Waals surface area contributed by atoms with Gasteiger partial charge in [-0.25, -0.2) is 4.98 Å². The maximum Gasteiger partial charge on any atom is 0.257 e. The predicted molar refractivity (Wildman–Crippen MR) is 97.8 cm³/mol. The lowest BCUT2D eigenvalue weighted by atomic mass is 10.1. The number of thioether (sulfide) groups is 1. The molecule has 0 radical (unpaired) electrons. The van der Waals surface area contributed by atoms with Crippen LogP contribution in [0.5, 0.6) is 0 Å². The van der Waals surface area contributed by atoms with Crippen molar-refractivity contribution >= 4 is 28.7 Å². The van der Waals surface area contributed by atoms with Crippen molar-refractivity contribution in [1.29, 1.82) is 0 Å². The first kappa shape index (κ1) is 18.5. The van der Waals surface area contributed by atoms with Crippen LogP contribution in [-0.2, 0) is 6.54 Å². The third-order valence-electron chi connectivity index (χ3n) is 3.87. The van der Waals surface area contributed by atoms with Crippen LogP contribution in [0, 0.1) is 6.92 Å². The topological polar surface area (TPSA) is 84.2 Å². The molecule has 0 saturated heterocycles. The Morgan fingerprint density at radius 2 is 2.21 bits per heavy atom. The Hall–Kier alpha value is -1.86. The van der Waals surface area contributed by atoms with Gasteiger partial charge in [0.2, 0.25) is 5.43 Å². The van der Waals surface area contributed by atoms with E-state index in [-0.39, 0.29) is 23.6 Å². The third kappa shape index (κ3) is 3.96. The van der Waals surface area contributed by atoms with Gasteiger partial charge in [0.05, 0.1) is 18.0 Å². The van der Waals surface area contributed by atoms with E-state index >= 15 is 0 Å². The van der Waals surface area contributed by atoms with Crippen LogP contribution in [-0.4, -0.2) is 45.2 Å². The molecule has 0 aliphatic carbocycles. The van der Waals surface area contributed by atoms with Gasteiger partial charge in [-0.1, -0.05) is 0 Å². The molecule has 0 fully saturated rings. The first-order chi connectivity index (χ1) is 11.5. The number of rotatable bonds is 7. The first-order valence-corrected chi connectivity index (χ1v) is 9.32. The molecule has 2 N–H and O–H groups in total. The summed E-state index contributed by atoms with van der Waals surface area (Å²) in [6, 6.07) is 3.12. The molecule has 0 aliphatic rings. The highest BCUT2D eigenvalue weighted by molar-refractivity contribution is 7.98. The van der Waals surface area contributed by atoms with Gasteiger partial charge in [-0.05, 0) is 44.4 Å². The molecular weight excluding hydrogens is 326 g/mol. The number of aryl methyl sites for hydroxylation is 2. The average molecular weight is 349 g/mol. The van der Waals surface area contributed by atoms with E-state index in [9.17, 15) is 14.7 Å². The van der Waals surface area contributed by atoms with Crippen LogP contribution < -0.4 is 10.7 Å². The Bertz CT molecular complexity index is 788. The molecule has 0 aliphatic heterocycles. The molecule has 1 atom stereocenters. The number of pyridine rings is 2. The van der Waals surface area contributed by atoms with E-state index in [2.05, 4.69) is 10.3 Å². The SMILES string of the molecule is CCn1cc(C(=O)N[C@H](CO)CCSC)c(=O)c2ccc(C)nc21. The molecule has 0 unspecified atom stereocenters. The van der Waals surface area contributed by atoms with Gasteiger partial charge >= 0.3 is 0 Å². The molecule has 130 valence electrons. The van der Waals surface area contributed by atoms with Crippen molar-refractivity contribution in [2.24, 2.45) is 0 Å². The maximum atomic E-state index is 12.7. The molecular formula is C17H23N3O3S. The Morgan fingerprint density at radius 3 is 2.83 bits per heavy atom. The highest BCUT2D eigenvalue weighted by Crippen LogP contribution is 2.11. The molecule has 7 heteroatoms. The molecule has 24 heavy (non-hydrogen) atoms. The smallest absolute Gasteiger partial charge is 0.257 e. The normalized spacial score (nSPS) is 12.3. The summed E-state index contributed by atoms with van der Waals surface area (Å²) in [5.74, 6) is 0.371. The fourth-order valence-electron chi connectivity index (χ4n) is 2.50. The average Bonchev–Trinajstić information content (AvgIpc) is 2.58. The highest BCUT2D eigenvalue weighted by atomic mass is 32.2. The number of aliphatic hydroxyl groups is 1. The monoisotopic (exact) mass is 349 g/mol. The van der Waals surface area contributed by atoms with Crippen LogP contribution in [0.15, 0.2) is 23.1 Å².